The number of hydrogen-bond donors (Lipinski definition) is 2. The molecular weight excluding hydrogens is 294 g/mol. The molecule has 0 aromatic carbocycles. The minimum Gasteiger partial charge on any atom is -0.480 e. The SMILES string of the molecule is O=C(NC(C(=O)O)C1CC1)c1sccc1Br. The summed E-state index contributed by atoms with van der Waals surface area (Å²) in [5.41, 5.74) is 0. The summed E-state index contributed by atoms with van der Waals surface area (Å²) in [7, 11) is 0. The van der Waals surface area contributed by atoms with E-state index < -0.39 is 12.0 Å². The molecule has 0 bridgehead atoms. The predicted octanol–water partition coefficient (Wildman–Crippen LogP) is 2.10. The van der Waals surface area contributed by atoms with E-state index in [1.54, 1.807) is 11.4 Å². The molecule has 1 aromatic heterocycles. The lowest BCUT2D eigenvalue weighted by Gasteiger charge is -2.12. The first-order valence-electron chi connectivity index (χ1n) is 4.86. The summed E-state index contributed by atoms with van der Waals surface area (Å²) in [6, 6.07) is 1.02. The van der Waals surface area contributed by atoms with Crippen molar-refractivity contribution in [3.8, 4) is 0 Å². The van der Waals surface area contributed by atoms with Crippen LogP contribution in [-0.4, -0.2) is 23.0 Å². The number of rotatable bonds is 4. The first-order chi connectivity index (χ1) is 7.59. The lowest BCUT2D eigenvalue weighted by Crippen LogP contribution is -2.42. The van der Waals surface area contributed by atoms with E-state index in [0.717, 1.165) is 12.8 Å². The highest BCUT2D eigenvalue weighted by atomic mass is 79.9. The van der Waals surface area contributed by atoms with Crippen molar-refractivity contribution in [2.24, 2.45) is 5.92 Å². The third-order valence-corrected chi connectivity index (χ3v) is 4.31. The van der Waals surface area contributed by atoms with E-state index in [-0.39, 0.29) is 11.8 Å². The summed E-state index contributed by atoms with van der Waals surface area (Å²) in [5, 5.41) is 13.3. The number of carboxylic acids is 1. The number of halogens is 1. The fraction of sp³-hybridized carbons (Fsp3) is 0.400. The van der Waals surface area contributed by atoms with Crippen molar-refractivity contribution in [2.45, 2.75) is 18.9 Å². The van der Waals surface area contributed by atoms with Crippen LogP contribution in [0.25, 0.3) is 0 Å². The fourth-order valence-corrected chi connectivity index (χ4v) is 2.93. The second kappa shape index (κ2) is 4.55. The molecule has 0 radical (unpaired) electrons. The van der Waals surface area contributed by atoms with Crippen molar-refractivity contribution < 1.29 is 14.7 Å². The molecule has 0 saturated heterocycles. The first kappa shape index (κ1) is 11.6. The van der Waals surface area contributed by atoms with Gasteiger partial charge in [-0.25, -0.2) is 4.79 Å². The third-order valence-electron chi connectivity index (χ3n) is 2.47. The van der Waals surface area contributed by atoms with Gasteiger partial charge in [0.2, 0.25) is 0 Å². The largest absolute Gasteiger partial charge is 0.480 e. The number of amides is 1. The van der Waals surface area contributed by atoms with Crippen LogP contribution < -0.4 is 5.32 Å². The highest BCUT2D eigenvalue weighted by molar-refractivity contribution is 9.10. The molecule has 2 N–H and O–H groups in total. The van der Waals surface area contributed by atoms with Crippen molar-refractivity contribution in [2.75, 3.05) is 0 Å². The normalized spacial score (nSPS) is 16.8. The minimum atomic E-state index is -0.955. The number of thiophene rings is 1. The summed E-state index contributed by atoms with van der Waals surface area (Å²) in [6.07, 6.45) is 1.76. The number of carboxylic acid groups (broad SMARTS) is 1. The minimum absolute atomic E-state index is 0.0974. The van der Waals surface area contributed by atoms with Crippen LogP contribution in [0.1, 0.15) is 22.5 Å². The number of nitrogens with one attached hydrogen (secondary N) is 1. The van der Waals surface area contributed by atoms with E-state index in [1.165, 1.54) is 11.3 Å². The Hall–Kier alpha value is -0.880. The van der Waals surface area contributed by atoms with Gasteiger partial charge in [0.05, 0.1) is 0 Å². The van der Waals surface area contributed by atoms with Crippen molar-refractivity contribution in [3.63, 3.8) is 0 Å². The van der Waals surface area contributed by atoms with Crippen molar-refractivity contribution in [3.05, 3.63) is 20.8 Å². The lowest BCUT2D eigenvalue weighted by molar-refractivity contribution is -0.139. The van der Waals surface area contributed by atoms with Gasteiger partial charge in [-0.1, -0.05) is 0 Å². The Morgan fingerprint density at radius 2 is 2.25 bits per heavy atom. The zero-order chi connectivity index (χ0) is 11.7. The molecule has 1 heterocycles. The highest BCUT2D eigenvalue weighted by Crippen LogP contribution is 2.33. The molecule has 1 aliphatic carbocycles. The second-order valence-electron chi connectivity index (χ2n) is 3.72. The van der Waals surface area contributed by atoms with Gasteiger partial charge in [0, 0.05) is 4.47 Å². The molecule has 86 valence electrons. The van der Waals surface area contributed by atoms with E-state index in [9.17, 15) is 9.59 Å². The molecule has 1 unspecified atom stereocenters. The molecular formula is C10H10BrNO3S. The maximum atomic E-state index is 11.8. The zero-order valence-electron chi connectivity index (χ0n) is 8.27. The van der Waals surface area contributed by atoms with Gasteiger partial charge in [-0.3, -0.25) is 4.79 Å². The van der Waals surface area contributed by atoms with Crippen LogP contribution in [0.3, 0.4) is 0 Å². The molecule has 1 aliphatic rings. The Balaban J connectivity index is 2.06. The van der Waals surface area contributed by atoms with Crippen LogP contribution in [0.4, 0.5) is 0 Å². The Morgan fingerprint density at radius 1 is 1.56 bits per heavy atom. The standard InChI is InChI=1S/C10H10BrNO3S/c11-6-3-4-16-8(6)9(13)12-7(10(14)15)5-1-2-5/h3-5,7H,1-2H2,(H,12,13)(H,14,15). The predicted molar refractivity (Wildman–Crippen MR) is 63.6 cm³/mol. The monoisotopic (exact) mass is 303 g/mol. The van der Waals surface area contributed by atoms with Crippen LogP contribution in [0, 0.1) is 5.92 Å². The van der Waals surface area contributed by atoms with Gasteiger partial charge in [0.1, 0.15) is 10.9 Å². The fourth-order valence-electron chi connectivity index (χ4n) is 1.47. The highest BCUT2D eigenvalue weighted by Gasteiger charge is 2.37. The van der Waals surface area contributed by atoms with E-state index in [0.29, 0.717) is 9.35 Å². The molecule has 4 nitrogen and oxygen atoms in total. The molecule has 16 heavy (non-hydrogen) atoms. The van der Waals surface area contributed by atoms with Gasteiger partial charge in [-0.2, -0.15) is 0 Å². The summed E-state index contributed by atoms with van der Waals surface area (Å²) in [6.45, 7) is 0. The first-order valence-corrected chi connectivity index (χ1v) is 6.53. The van der Waals surface area contributed by atoms with Crippen molar-refractivity contribution in [1.29, 1.82) is 0 Å². The Labute approximate surface area is 105 Å². The van der Waals surface area contributed by atoms with Gasteiger partial charge in [0.25, 0.3) is 5.91 Å². The van der Waals surface area contributed by atoms with Crippen LogP contribution in [0.15, 0.2) is 15.9 Å². The molecule has 6 heteroatoms. The molecule has 0 aliphatic heterocycles. The zero-order valence-corrected chi connectivity index (χ0v) is 10.7. The maximum absolute atomic E-state index is 11.8. The molecule has 1 amide bonds. The summed E-state index contributed by atoms with van der Waals surface area (Å²) in [5.74, 6) is -1.18. The Kier molecular flexibility index (Phi) is 3.30. The maximum Gasteiger partial charge on any atom is 0.326 e. The smallest absolute Gasteiger partial charge is 0.326 e. The number of hydrogen-bond acceptors (Lipinski definition) is 3. The van der Waals surface area contributed by atoms with Crippen molar-refractivity contribution in [1.82, 2.24) is 5.32 Å². The number of carbonyl (C=O) groups is 2. The van der Waals surface area contributed by atoms with Gasteiger partial charge in [0.15, 0.2) is 0 Å². The van der Waals surface area contributed by atoms with E-state index in [2.05, 4.69) is 21.2 Å². The Morgan fingerprint density at radius 3 is 2.69 bits per heavy atom. The number of aliphatic carboxylic acids is 1. The van der Waals surface area contributed by atoms with Gasteiger partial charge in [-0.05, 0) is 46.1 Å². The summed E-state index contributed by atoms with van der Waals surface area (Å²) >= 11 is 4.54. The van der Waals surface area contributed by atoms with Crippen molar-refractivity contribution >= 4 is 39.1 Å². The van der Waals surface area contributed by atoms with E-state index in [1.807, 2.05) is 0 Å². The Bertz CT molecular complexity index is 427. The second-order valence-corrected chi connectivity index (χ2v) is 5.49. The summed E-state index contributed by atoms with van der Waals surface area (Å²) < 4.78 is 0.704. The van der Waals surface area contributed by atoms with Gasteiger partial charge in [-0.15, -0.1) is 11.3 Å². The number of carbonyl (C=O) groups excluding carboxylic acids is 1. The van der Waals surface area contributed by atoms with Gasteiger partial charge >= 0.3 is 5.97 Å². The molecule has 1 atom stereocenters. The molecule has 1 fully saturated rings. The molecule has 0 spiro atoms. The lowest BCUT2D eigenvalue weighted by atomic mass is 10.2. The quantitative estimate of drug-likeness (QED) is 0.895. The molecule has 1 saturated carbocycles. The van der Waals surface area contributed by atoms with E-state index in [4.69, 9.17) is 5.11 Å². The van der Waals surface area contributed by atoms with Crippen LogP contribution in [-0.2, 0) is 4.79 Å². The third kappa shape index (κ3) is 2.44. The average molecular weight is 304 g/mol. The van der Waals surface area contributed by atoms with Crippen LogP contribution >= 0.6 is 27.3 Å². The van der Waals surface area contributed by atoms with E-state index >= 15 is 0 Å². The topological polar surface area (TPSA) is 66.4 Å². The van der Waals surface area contributed by atoms with Crippen LogP contribution in [0.5, 0.6) is 0 Å². The van der Waals surface area contributed by atoms with Gasteiger partial charge < -0.3 is 10.4 Å². The molecule has 1 aromatic rings. The average Bonchev–Trinajstić information content (AvgIpc) is 2.96. The van der Waals surface area contributed by atoms with Crippen LogP contribution in [0.2, 0.25) is 0 Å². The molecule has 2 rings (SSSR count). The summed E-state index contributed by atoms with van der Waals surface area (Å²) in [4.78, 5) is 23.2.